The molecule has 3 aromatic heterocycles. The van der Waals surface area contributed by atoms with Gasteiger partial charge in [0, 0.05) is 65.1 Å². The van der Waals surface area contributed by atoms with Gasteiger partial charge in [0.1, 0.15) is 11.5 Å². The second-order valence-electron chi connectivity index (χ2n) is 10.6. The summed E-state index contributed by atoms with van der Waals surface area (Å²) in [6.45, 7) is 5.55. The number of rotatable bonds is 6. The van der Waals surface area contributed by atoms with E-state index in [2.05, 4.69) is 14.9 Å². The molecule has 0 aromatic carbocycles. The SMILES string of the molecule is CC1CCCN(c2nc(C(F)(F)F)c(C(=O)Cc3ccc(N4CCCN(C(=O)c5cccn5C)CC4)nc3)o2)C1. The first-order valence-corrected chi connectivity index (χ1v) is 13.6. The maximum atomic E-state index is 13.7. The number of anilines is 2. The van der Waals surface area contributed by atoms with Gasteiger partial charge in [0.25, 0.3) is 11.9 Å². The van der Waals surface area contributed by atoms with Crippen LogP contribution in [0.25, 0.3) is 0 Å². The molecule has 0 spiro atoms. The van der Waals surface area contributed by atoms with Crippen LogP contribution in [0.15, 0.2) is 41.1 Å². The highest BCUT2D eigenvalue weighted by Gasteiger charge is 2.42. The number of ketones is 1. The van der Waals surface area contributed by atoms with E-state index in [-0.39, 0.29) is 18.3 Å². The molecule has 2 aliphatic rings. The van der Waals surface area contributed by atoms with E-state index >= 15 is 0 Å². The van der Waals surface area contributed by atoms with E-state index in [1.807, 2.05) is 31.1 Å². The monoisotopic (exact) mass is 558 g/mol. The molecule has 0 N–H and O–H groups in total. The average molecular weight is 559 g/mol. The van der Waals surface area contributed by atoms with Gasteiger partial charge < -0.3 is 23.7 Å². The Morgan fingerprint density at radius 3 is 2.52 bits per heavy atom. The summed E-state index contributed by atoms with van der Waals surface area (Å²) >= 11 is 0. The van der Waals surface area contributed by atoms with Crippen molar-refractivity contribution >= 4 is 23.5 Å². The van der Waals surface area contributed by atoms with Crippen molar-refractivity contribution in [2.24, 2.45) is 13.0 Å². The van der Waals surface area contributed by atoms with E-state index < -0.39 is 23.4 Å². The van der Waals surface area contributed by atoms with Crippen LogP contribution in [0.3, 0.4) is 0 Å². The molecule has 0 radical (unpaired) electrons. The number of Topliss-reactive ketones (excluding diaryl/α,β-unsaturated/α-hetero) is 1. The van der Waals surface area contributed by atoms with Crippen LogP contribution < -0.4 is 9.80 Å². The zero-order valence-corrected chi connectivity index (χ0v) is 22.7. The minimum absolute atomic E-state index is 0.0141. The number of carbonyl (C=O) groups is 2. The average Bonchev–Trinajstić information content (AvgIpc) is 3.49. The molecule has 5 rings (SSSR count). The summed E-state index contributed by atoms with van der Waals surface area (Å²) in [6, 6.07) is 6.93. The van der Waals surface area contributed by atoms with E-state index in [9.17, 15) is 22.8 Å². The summed E-state index contributed by atoms with van der Waals surface area (Å²) in [5, 5.41) is 0. The number of aromatic nitrogens is 3. The zero-order chi connectivity index (χ0) is 28.4. The molecule has 1 amide bonds. The molecular formula is C28H33F3N6O3. The molecular weight excluding hydrogens is 525 g/mol. The fourth-order valence-electron chi connectivity index (χ4n) is 5.36. The number of oxazole rings is 1. The van der Waals surface area contributed by atoms with E-state index in [1.54, 1.807) is 27.7 Å². The highest BCUT2D eigenvalue weighted by molar-refractivity contribution is 5.96. The van der Waals surface area contributed by atoms with E-state index in [1.165, 1.54) is 6.20 Å². The first kappa shape index (κ1) is 27.7. The number of piperidine rings is 1. The lowest BCUT2D eigenvalue weighted by atomic mass is 10.0. The second kappa shape index (κ2) is 11.3. The number of aryl methyl sites for hydroxylation is 1. The van der Waals surface area contributed by atoms with Gasteiger partial charge in [-0.3, -0.25) is 9.59 Å². The maximum Gasteiger partial charge on any atom is 0.437 e. The van der Waals surface area contributed by atoms with Crippen molar-refractivity contribution in [2.45, 2.75) is 38.8 Å². The Morgan fingerprint density at radius 2 is 1.85 bits per heavy atom. The number of hydrogen-bond acceptors (Lipinski definition) is 7. The van der Waals surface area contributed by atoms with Crippen LogP contribution in [-0.2, 0) is 19.6 Å². The normalized spacial score (nSPS) is 18.6. The lowest BCUT2D eigenvalue weighted by Gasteiger charge is -2.29. The fourth-order valence-corrected chi connectivity index (χ4v) is 5.36. The van der Waals surface area contributed by atoms with E-state index in [0.29, 0.717) is 62.3 Å². The molecule has 40 heavy (non-hydrogen) atoms. The van der Waals surface area contributed by atoms with E-state index in [0.717, 1.165) is 19.3 Å². The van der Waals surface area contributed by atoms with Crippen molar-refractivity contribution in [3.05, 3.63) is 59.4 Å². The second-order valence-corrected chi connectivity index (χ2v) is 10.6. The molecule has 1 atom stereocenters. The van der Waals surface area contributed by atoms with Crippen LogP contribution in [0.5, 0.6) is 0 Å². The Hall–Kier alpha value is -3.83. The number of amides is 1. The summed E-state index contributed by atoms with van der Waals surface area (Å²) in [7, 11) is 1.84. The molecule has 2 aliphatic heterocycles. The summed E-state index contributed by atoms with van der Waals surface area (Å²) in [5.41, 5.74) is -0.172. The summed E-state index contributed by atoms with van der Waals surface area (Å²) < 4.78 is 48.5. The van der Waals surface area contributed by atoms with Crippen molar-refractivity contribution in [2.75, 3.05) is 49.1 Å². The number of halogens is 3. The van der Waals surface area contributed by atoms with Crippen LogP contribution in [0.2, 0.25) is 0 Å². The molecule has 5 heterocycles. The van der Waals surface area contributed by atoms with Gasteiger partial charge in [0.15, 0.2) is 5.69 Å². The van der Waals surface area contributed by atoms with Crippen LogP contribution >= 0.6 is 0 Å². The highest BCUT2D eigenvalue weighted by Crippen LogP contribution is 2.35. The Balaban J connectivity index is 1.24. The lowest BCUT2D eigenvalue weighted by molar-refractivity contribution is -0.141. The molecule has 12 heteroatoms. The Labute approximate surface area is 230 Å². The van der Waals surface area contributed by atoms with Crippen LogP contribution in [0.1, 0.15) is 58.5 Å². The van der Waals surface area contributed by atoms with Crippen LogP contribution in [-0.4, -0.2) is 70.4 Å². The maximum absolute atomic E-state index is 13.7. The van der Waals surface area contributed by atoms with Gasteiger partial charge in [-0.05, 0) is 48.9 Å². The summed E-state index contributed by atoms with van der Waals surface area (Å²) in [6.07, 6.45) is 0.820. The first-order valence-electron chi connectivity index (χ1n) is 13.6. The minimum atomic E-state index is -4.81. The number of alkyl halides is 3. The smallest absolute Gasteiger partial charge is 0.420 e. The highest BCUT2D eigenvalue weighted by atomic mass is 19.4. The van der Waals surface area contributed by atoms with Crippen molar-refractivity contribution in [1.29, 1.82) is 0 Å². The number of carbonyl (C=O) groups excluding carboxylic acids is 2. The largest absolute Gasteiger partial charge is 0.437 e. The first-order chi connectivity index (χ1) is 19.1. The molecule has 3 aromatic rings. The van der Waals surface area contributed by atoms with Gasteiger partial charge >= 0.3 is 6.18 Å². The molecule has 1 unspecified atom stereocenters. The van der Waals surface area contributed by atoms with Gasteiger partial charge in [-0.1, -0.05) is 13.0 Å². The molecule has 2 fully saturated rings. The third-order valence-corrected chi connectivity index (χ3v) is 7.51. The van der Waals surface area contributed by atoms with Crippen LogP contribution in [0, 0.1) is 5.92 Å². The Kier molecular flexibility index (Phi) is 7.86. The van der Waals surface area contributed by atoms with Gasteiger partial charge in [0.05, 0.1) is 0 Å². The minimum Gasteiger partial charge on any atom is -0.420 e. The molecule has 0 bridgehead atoms. The predicted octanol–water partition coefficient (Wildman–Crippen LogP) is 4.44. The summed E-state index contributed by atoms with van der Waals surface area (Å²) in [4.78, 5) is 39.6. The topological polar surface area (TPSA) is 87.7 Å². The lowest BCUT2D eigenvalue weighted by Crippen LogP contribution is -2.36. The Morgan fingerprint density at radius 1 is 1.05 bits per heavy atom. The van der Waals surface area contributed by atoms with Crippen molar-refractivity contribution in [3.63, 3.8) is 0 Å². The Bertz CT molecular complexity index is 1350. The number of hydrogen-bond donors (Lipinski definition) is 0. The standard InChI is InChI=1S/C28H33F3N6O3/c1-19-6-3-11-37(18-19)27-33-25(28(29,30)31)24(40-27)22(38)16-20-8-9-23(32-17-20)35-12-5-13-36(15-14-35)26(39)21-7-4-10-34(21)2/h4,7-10,17,19H,3,5-6,11-16,18H2,1-2H3. The molecule has 0 aliphatic carbocycles. The molecule has 0 saturated carbocycles. The van der Waals surface area contributed by atoms with Gasteiger partial charge in [-0.25, -0.2) is 4.98 Å². The quantitative estimate of drug-likeness (QED) is 0.414. The molecule has 214 valence electrons. The van der Waals surface area contributed by atoms with Crippen molar-refractivity contribution in [1.82, 2.24) is 19.4 Å². The summed E-state index contributed by atoms with van der Waals surface area (Å²) in [5.74, 6) is -0.591. The third kappa shape index (κ3) is 6.00. The van der Waals surface area contributed by atoms with Crippen LogP contribution in [0.4, 0.5) is 25.0 Å². The zero-order valence-electron chi connectivity index (χ0n) is 22.7. The molecule has 2 saturated heterocycles. The van der Waals surface area contributed by atoms with Gasteiger partial charge in [-0.2, -0.15) is 18.2 Å². The van der Waals surface area contributed by atoms with Gasteiger partial charge in [0.2, 0.25) is 11.5 Å². The van der Waals surface area contributed by atoms with Crippen molar-refractivity contribution in [3.8, 4) is 0 Å². The van der Waals surface area contributed by atoms with Gasteiger partial charge in [-0.15, -0.1) is 0 Å². The predicted molar refractivity (Wildman–Crippen MR) is 143 cm³/mol. The number of pyridine rings is 1. The third-order valence-electron chi connectivity index (χ3n) is 7.51. The van der Waals surface area contributed by atoms with E-state index in [4.69, 9.17) is 4.42 Å². The van der Waals surface area contributed by atoms with Crippen molar-refractivity contribution < 1.29 is 27.2 Å². The fraction of sp³-hybridized carbons (Fsp3) is 0.500. The molecule has 9 nitrogen and oxygen atoms in total. The number of nitrogens with zero attached hydrogens (tertiary/aromatic N) is 6.